The zero-order valence-corrected chi connectivity index (χ0v) is 14.1. The maximum Gasteiger partial charge on any atom is 0.256 e. The summed E-state index contributed by atoms with van der Waals surface area (Å²) in [4.78, 5) is 19.1. The highest BCUT2D eigenvalue weighted by Crippen LogP contribution is 2.26. The van der Waals surface area contributed by atoms with Crippen LogP contribution < -0.4 is 0 Å². The first-order chi connectivity index (χ1) is 12.2. The first-order valence-corrected chi connectivity index (χ1v) is 8.14. The van der Waals surface area contributed by atoms with E-state index in [1.807, 2.05) is 49.4 Å². The van der Waals surface area contributed by atoms with Gasteiger partial charge in [-0.2, -0.15) is 0 Å². The topological polar surface area (TPSA) is 66.6 Å². The van der Waals surface area contributed by atoms with E-state index in [4.69, 9.17) is 4.42 Å². The number of benzene rings is 1. The molecule has 1 aromatic carbocycles. The zero-order chi connectivity index (χ0) is 17.6. The largest absolute Gasteiger partial charge is 0.467 e. The van der Waals surface area contributed by atoms with Crippen molar-refractivity contribution in [1.29, 1.82) is 0 Å². The maximum atomic E-state index is 13.2. The van der Waals surface area contributed by atoms with E-state index in [1.165, 1.54) is 0 Å². The standard InChI is InChI=1S/C20H20N2O3/c1-15-19(18(9-10-21-15)16-6-3-2-4-7-16)20(24)22(11-12-23)14-17-8-5-13-25-17/h2-10,13,23H,11-12,14H2,1H3. The molecule has 0 spiro atoms. The molecule has 3 aromatic rings. The molecule has 0 radical (unpaired) electrons. The van der Waals surface area contributed by atoms with Gasteiger partial charge in [-0.15, -0.1) is 0 Å². The van der Waals surface area contributed by atoms with Crippen molar-refractivity contribution in [2.24, 2.45) is 0 Å². The van der Waals surface area contributed by atoms with Crippen molar-refractivity contribution >= 4 is 5.91 Å². The molecule has 128 valence electrons. The van der Waals surface area contributed by atoms with E-state index >= 15 is 0 Å². The van der Waals surface area contributed by atoms with Gasteiger partial charge < -0.3 is 14.4 Å². The molecule has 0 bridgehead atoms. The van der Waals surface area contributed by atoms with Crippen LogP contribution in [-0.4, -0.2) is 34.0 Å². The number of carbonyl (C=O) groups is 1. The van der Waals surface area contributed by atoms with Crippen LogP contribution in [0.25, 0.3) is 11.1 Å². The van der Waals surface area contributed by atoms with Gasteiger partial charge >= 0.3 is 0 Å². The van der Waals surface area contributed by atoms with Crippen molar-refractivity contribution in [3.05, 3.63) is 78.0 Å². The van der Waals surface area contributed by atoms with Gasteiger partial charge in [0.2, 0.25) is 0 Å². The van der Waals surface area contributed by atoms with Gasteiger partial charge in [-0.05, 0) is 36.2 Å². The molecule has 0 fully saturated rings. The Hall–Kier alpha value is -2.92. The Bertz CT molecular complexity index is 829. The molecule has 0 aliphatic heterocycles. The summed E-state index contributed by atoms with van der Waals surface area (Å²) in [5.41, 5.74) is 3.00. The summed E-state index contributed by atoms with van der Waals surface area (Å²) in [6, 6.07) is 15.2. The molecule has 0 saturated heterocycles. The zero-order valence-electron chi connectivity index (χ0n) is 14.1. The van der Waals surface area contributed by atoms with E-state index in [0.29, 0.717) is 23.6 Å². The summed E-state index contributed by atoms with van der Waals surface area (Å²) in [6.07, 6.45) is 3.28. The molecule has 0 atom stereocenters. The predicted octanol–water partition coefficient (Wildman–Crippen LogP) is 3.28. The second-order valence-corrected chi connectivity index (χ2v) is 5.71. The van der Waals surface area contributed by atoms with Crippen LogP contribution in [-0.2, 0) is 6.54 Å². The molecule has 0 unspecified atom stereocenters. The Kier molecular flexibility index (Phi) is 5.26. The number of hydrogen-bond donors (Lipinski definition) is 1. The van der Waals surface area contributed by atoms with Crippen LogP contribution >= 0.6 is 0 Å². The fourth-order valence-corrected chi connectivity index (χ4v) is 2.82. The molecule has 0 aliphatic carbocycles. The Morgan fingerprint density at radius 2 is 1.96 bits per heavy atom. The van der Waals surface area contributed by atoms with Gasteiger partial charge in [-0.3, -0.25) is 9.78 Å². The second-order valence-electron chi connectivity index (χ2n) is 5.71. The second kappa shape index (κ2) is 7.77. The Balaban J connectivity index is 2.00. The third-order valence-corrected chi connectivity index (χ3v) is 4.02. The lowest BCUT2D eigenvalue weighted by Crippen LogP contribution is -2.34. The molecule has 3 rings (SSSR count). The molecule has 0 aliphatic rings. The van der Waals surface area contributed by atoms with Crippen LogP contribution in [0.2, 0.25) is 0 Å². The minimum absolute atomic E-state index is 0.119. The molecule has 5 nitrogen and oxygen atoms in total. The SMILES string of the molecule is Cc1nccc(-c2ccccc2)c1C(=O)N(CCO)Cc1ccco1. The molecule has 2 aromatic heterocycles. The normalized spacial score (nSPS) is 10.6. The lowest BCUT2D eigenvalue weighted by atomic mass is 9.98. The summed E-state index contributed by atoms with van der Waals surface area (Å²) in [5, 5.41) is 9.38. The van der Waals surface area contributed by atoms with Crippen LogP contribution in [0.5, 0.6) is 0 Å². The molecule has 0 saturated carbocycles. The number of aliphatic hydroxyl groups excluding tert-OH is 1. The number of aromatic nitrogens is 1. The fraction of sp³-hybridized carbons (Fsp3) is 0.200. The van der Waals surface area contributed by atoms with Crippen molar-refractivity contribution in [2.75, 3.05) is 13.2 Å². The molecule has 2 heterocycles. The van der Waals surface area contributed by atoms with Crippen LogP contribution in [0, 0.1) is 6.92 Å². The van der Waals surface area contributed by atoms with Gasteiger partial charge in [-0.25, -0.2) is 0 Å². The minimum atomic E-state index is -0.171. The Labute approximate surface area is 146 Å². The van der Waals surface area contributed by atoms with E-state index in [9.17, 15) is 9.90 Å². The van der Waals surface area contributed by atoms with Gasteiger partial charge in [0.15, 0.2) is 0 Å². The molecular weight excluding hydrogens is 316 g/mol. The highest BCUT2D eigenvalue weighted by atomic mass is 16.3. The fourth-order valence-electron chi connectivity index (χ4n) is 2.82. The molecule has 25 heavy (non-hydrogen) atoms. The van der Waals surface area contributed by atoms with E-state index in [1.54, 1.807) is 23.4 Å². The average Bonchev–Trinajstić information content (AvgIpc) is 3.14. The first kappa shape index (κ1) is 16.9. The van der Waals surface area contributed by atoms with Crippen molar-refractivity contribution < 1.29 is 14.3 Å². The first-order valence-electron chi connectivity index (χ1n) is 8.14. The van der Waals surface area contributed by atoms with Crippen molar-refractivity contribution in [2.45, 2.75) is 13.5 Å². The van der Waals surface area contributed by atoms with Crippen molar-refractivity contribution in [3.63, 3.8) is 0 Å². The van der Waals surface area contributed by atoms with Crippen LogP contribution in [0.3, 0.4) is 0 Å². The number of amides is 1. The van der Waals surface area contributed by atoms with Gasteiger partial charge in [0.1, 0.15) is 5.76 Å². The van der Waals surface area contributed by atoms with Gasteiger partial charge in [0, 0.05) is 12.7 Å². The number of aryl methyl sites for hydroxylation is 1. The third kappa shape index (κ3) is 3.78. The summed E-state index contributed by atoms with van der Waals surface area (Å²) >= 11 is 0. The number of rotatable bonds is 6. The monoisotopic (exact) mass is 336 g/mol. The summed E-state index contributed by atoms with van der Waals surface area (Å²) < 4.78 is 5.35. The number of furan rings is 1. The lowest BCUT2D eigenvalue weighted by Gasteiger charge is -2.23. The van der Waals surface area contributed by atoms with Crippen LogP contribution in [0.4, 0.5) is 0 Å². The van der Waals surface area contributed by atoms with Crippen LogP contribution in [0.15, 0.2) is 65.4 Å². The predicted molar refractivity (Wildman–Crippen MR) is 94.9 cm³/mol. The van der Waals surface area contributed by atoms with E-state index in [2.05, 4.69) is 4.98 Å². The van der Waals surface area contributed by atoms with E-state index < -0.39 is 0 Å². The number of carbonyl (C=O) groups excluding carboxylic acids is 1. The summed E-state index contributed by atoms with van der Waals surface area (Å²) in [7, 11) is 0. The Morgan fingerprint density at radius 3 is 2.64 bits per heavy atom. The number of hydrogen-bond acceptors (Lipinski definition) is 4. The third-order valence-electron chi connectivity index (χ3n) is 4.02. The smallest absolute Gasteiger partial charge is 0.256 e. The molecule has 5 heteroatoms. The Morgan fingerprint density at radius 1 is 1.16 bits per heavy atom. The van der Waals surface area contributed by atoms with Crippen LogP contribution in [0.1, 0.15) is 21.8 Å². The van der Waals surface area contributed by atoms with Crippen molar-refractivity contribution in [3.8, 4) is 11.1 Å². The average molecular weight is 336 g/mol. The molecular formula is C20H20N2O3. The van der Waals surface area contributed by atoms with Gasteiger partial charge in [-0.1, -0.05) is 30.3 Å². The van der Waals surface area contributed by atoms with Crippen molar-refractivity contribution in [1.82, 2.24) is 9.88 Å². The summed E-state index contributed by atoms with van der Waals surface area (Å²) in [6.45, 7) is 2.23. The maximum absolute atomic E-state index is 13.2. The number of nitrogens with zero attached hydrogens (tertiary/aromatic N) is 2. The highest BCUT2D eigenvalue weighted by molar-refractivity contribution is 6.01. The van der Waals surface area contributed by atoms with E-state index in [-0.39, 0.29) is 19.1 Å². The number of pyridine rings is 1. The van der Waals surface area contributed by atoms with Gasteiger partial charge in [0.05, 0.1) is 30.7 Å². The van der Waals surface area contributed by atoms with Gasteiger partial charge in [0.25, 0.3) is 5.91 Å². The highest BCUT2D eigenvalue weighted by Gasteiger charge is 2.23. The minimum Gasteiger partial charge on any atom is -0.467 e. The van der Waals surface area contributed by atoms with E-state index in [0.717, 1.165) is 11.1 Å². The summed E-state index contributed by atoms with van der Waals surface area (Å²) in [5.74, 6) is 0.500. The molecule has 1 amide bonds. The lowest BCUT2D eigenvalue weighted by molar-refractivity contribution is 0.0694. The number of aliphatic hydroxyl groups is 1. The quantitative estimate of drug-likeness (QED) is 0.750. The molecule has 1 N–H and O–H groups in total.